The number of methoxy groups -OCH3 is 1. The number of rotatable bonds is 8. The number of anilines is 1. The lowest BCUT2D eigenvalue weighted by molar-refractivity contribution is -0.116. The summed E-state index contributed by atoms with van der Waals surface area (Å²) in [5.41, 5.74) is 3.14. The van der Waals surface area contributed by atoms with Crippen molar-refractivity contribution in [3.8, 4) is 11.5 Å². The monoisotopic (exact) mass is 479 g/mol. The molecule has 0 saturated heterocycles. The van der Waals surface area contributed by atoms with Crippen LogP contribution in [0.5, 0.6) is 11.5 Å². The molecule has 6 atom stereocenters. The Morgan fingerprint density at radius 3 is 2.60 bits per heavy atom. The molecule has 0 aromatic heterocycles. The van der Waals surface area contributed by atoms with Crippen LogP contribution in [0.25, 0.3) is 0 Å². The minimum absolute atomic E-state index is 0.371. The molecule has 6 unspecified atom stereocenters. The topological polar surface area (TPSA) is 38.8 Å². The number of ether oxygens (including phenoxy) is 2. The highest BCUT2D eigenvalue weighted by atomic mass is 16.5. The second kappa shape index (κ2) is 10.2. The number of carbonyl (C=O) groups excluding carboxylic acids is 1. The van der Waals surface area contributed by atoms with E-state index >= 15 is 0 Å². The molecule has 5 rings (SSSR count). The molecule has 4 aliphatic rings. The summed E-state index contributed by atoms with van der Waals surface area (Å²) in [7, 11) is 1.74. The summed E-state index contributed by atoms with van der Waals surface area (Å²) in [4.78, 5) is 14.3. The summed E-state index contributed by atoms with van der Waals surface area (Å²) in [6.45, 7) is 9.70. The molecule has 0 heterocycles. The van der Waals surface area contributed by atoms with Gasteiger partial charge in [-0.25, -0.2) is 0 Å². The van der Waals surface area contributed by atoms with Gasteiger partial charge in [0.25, 0.3) is 0 Å². The fraction of sp³-hybridized carbons (Fsp3) is 0.710. The van der Waals surface area contributed by atoms with Crippen molar-refractivity contribution >= 4 is 11.5 Å². The number of hydrogen-bond acceptors (Lipinski definition) is 4. The van der Waals surface area contributed by atoms with E-state index in [9.17, 15) is 4.79 Å². The van der Waals surface area contributed by atoms with Gasteiger partial charge in [0.1, 0.15) is 0 Å². The zero-order valence-corrected chi connectivity index (χ0v) is 22.4. The Labute approximate surface area is 212 Å². The van der Waals surface area contributed by atoms with E-state index in [1.54, 1.807) is 7.11 Å². The standard InChI is InChI=1S/C31H45NO3/c1-5-32(6-2)23-9-14-29(30(20-23)34-4)35-18-16-22-8-13-28-27-11-7-21-19-24(33)10-12-25(21)26(27)15-17-31(22,28)3/h9,14,19-20,22,25-28H,5-8,10-13,15-18H2,1-4H3. The summed E-state index contributed by atoms with van der Waals surface area (Å²) >= 11 is 0. The van der Waals surface area contributed by atoms with Crippen molar-refractivity contribution in [3.63, 3.8) is 0 Å². The molecular formula is C31H45NO3. The molecule has 0 spiro atoms. The smallest absolute Gasteiger partial charge is 0.162 e. The summed E-state index contributed by atoms with van der Waals surface area (Å²) < 4.78 is 12.0. The number of benzene rings is 1. The van der Waals surface area contributed by atoms with Gasteiger partial charge in [-0.1, -0.05) is 12.5 Å². The van der Waals surface area contributed by atoms with Gasteiger partial charge in [-0.05, 0) is 118 Å². The van der Waals surface area contributed by atoms with Crippen molar-refractivity contribution in [1.29, 1.82) is 0 Å². The Morgan fingerprint density at radius 2 is 1.83 bits per heavy atom. The first-order valence-corrected chi connectivity index (χ1v) is 14.3. The molecule has 0 bridgehead atoms. The van der Waals surface area contributed by atoms with Gasteiger partial charge in [0, 0.05) is 31.3 Å². The van der Waals surface area contributed by atoms with Gasteiger partial charge in [-0.2, -0.15) is 0 Å². The first-order chi connectivity index (χ1) is 17.0. The van der Waals surface area contributed by atoms with E-state index in [1.165, 1.54) is 49.8 Å². The third-order valence-corrected chi connectivity index (χ3v) is 10.5. The van der Waals surface area contributed by atoms with Crippen LogP contribution >= 0.6 is 0 Å². The van der Waals surface area contributed by atoms with Crippen molar-refractivity contribution in [2.45, 2.75) is 78.6 Å². The zero-order valence-electron chi connectivity index (χ0n) is 22.4. The molecule has 0 N–H and O–H groups in total. The van der Waals surface area contributed by atoms with Gasteiger partial charge in [0.15, 0.2) is 17.3 Å². The number of hydrogen-bond donors (Lipinski definition) is 0. The second-order valence-corrected chi connectivity index (χ2v) is 11.8. The number of ketones is 1. The van der Waals surface area contributed by atoms with Crippen LogP contribution < -0.4 is 14.4 Å². The van der Waals surface area contributed by atoms with Gasteiger partial charge in [0.05, 0.1) is 13.7 Å². The number of carbonyl (C=O) groups is 1. The van der Waals surface area contributed by atoms with E-state index in [0.29, 0.717) is 17.1 Å². The zero-order chi connectivity index (χ0) is 24.6. The van der Waals surface area contributed by atoms with E-state index in [-0.39, 0.29) is 0 Å². The Hall–Kier alpha value is -1.97. The van der Waals surface area contributed by atoms with Crippen LogP contribution in [0.4, 0.5) is 5.69 Å². The average molecular weight is 480 g/mol. The quantitative estimate of drug-likeness (QED) is 0.400. The molecular weight excluding hydrogens is 434 g/mol. The minimum Gasteiger partial charge on any atom is -0.493 e. The van der Waals surface area contributed by atoms with Crippen LogP contribution in [-0.2, 0) is 4.79 Å². The van der Waals surface area contributed by atoms with Gasteiger partial charge in [-0.15, -0.1) is 0 Å². The van der Waals surface area contributed by atoms with E-state index in [0.717, 1.165) is 74.1 Å². The SMILES string of the molecule is CCN(CC)c1ccc(OCCC2CCC3C4CCC5=CC(=O)CCC5C4CCC23C)c(OC)c1. The highest BCUT2D eigenvalue weighted by molar-refractivity contribution is 5.91. The third kappa shape index (κ3) is 4.51. The van der Waals surface area contributed by atoms with E-state index in [2.05, 4.69) is 43.9 Å². The average Bonchev–Trinajstić information content (AvgIpc) is 3.21. The predicted octanol–water partition coefficient (Wildman–Crippen LogP) is 7.07. The highest BCUT2D eigenvalue weighted by Crippen LogP contribution is 2.64. The number of nitrogens with zero attached hydrogens (tertiary/aromatic N) is 1. The molecule has 3 fully saturated rings. The summed E-state index contributed by atoms with van der Waals surface area (Å²) in [5, 5.41) is 0. The van der Waals surface area contributed by atoms with Crippen molar-refractivity contribution in [2.24, 2.45) is 35.0 Å². The molecule has 4 aliphatic carbocycles. The fourth-order valence-corrected chi connectivity index (χ4v) is 8.64. The lowest BCUT2D eigenvalue weighted by Crippen LogP contribution is -2.46. The molecule has 4 heteroatoms. The Balaban J connectivity index is 1.21. The Morgan fingerprint density at radius 1 is 1.00 bits per heavy atom. The molecule has 192 valence electrons. The molecule has 1 aromatic carbocycles. The van der Waals surface area contributed by atoms with Gasteiger partial charge >= 0.3 is 0 Å². The number of fused-ring (bicyclic) bond motifs is 5. The summed E-state index contributed by atoms with van der Waals surface area (Å²) in [6, 6.07) is 6.35. The Bertz CT molecular complexity index is 951. The summed E-state index contributed by atoms with van der Waals surface area (Å²) in [5.74, 6) is 6.06. The molecule has 0 radical (unpaired) electrons. The van der Waals surface area contributed by atoms with Crippen LogP contribution in [0.1, 0.15) is 78.6 Å². The Kier molecular flexibility index (Phi) is 7.19. The van der Waals surface area contributed by atoms with E-state index < -0.39 is 0 Å². The minimum atomic E-state index is 0.371. The summed E-state index contributed by atoms with van der Waals surface area (Å²) in [6.07, 6.45) is 13.0. The van der Waals surface area contributed by atoms with Gasteiger partial charge < -0.3 is 14.4 Å². The third-order valence-electron chi connectivity index (χ3n) is 10.5. The largest absolute Gasteiger partial charge is 0.493 e. The maximum absolute atomic E-state index is 12.0. The molecule has 35 heavy (non-hydrogen) atoms. The molecule has 3 saturated carbocycles. The van der Waals surface area contributed by atoms with Crippen LogP contribution in [0.15, 0.2) is 29.8 Å². The van der Waals surface area contributed by atoms with E-state index in [4.69, 9.17) is 9.47 Å². The first kappa shape index (κ1) is 24.7. The molecule has 0 amide bonds. The van der Waals surface area contributed by atoms with Crippen LogP contribution in [0.2, 0.25) is 0 Å². The lowest BCUT2D eigenvalue weighted by Gasteiger charge is -2.54. The second-order valence-electron chi connectivity index (χ2n) is 11.8. The first-order valence-electron chi connectivity index (χ1n) is 14.3. The highest BCUT2D eigenvalue weighted by Gasteiger charge is 2.55. The number of allylic oxidation sites excluding steroid dienone is 1. The molecule has 1 aromatic rings. The maximum atomic E-state index is 12.0. The van der Waals surface area contributed by atoms with E-state index in [1.807, 2.05) is 6.08 Å². The van der Waals surface area contributed by atoms with Crippen LogP contribution in [-0.4, -0.2) is 32.6 Å². The van der Waals surface area contributed by atoms with Crippen molar-refractivity contribution in [1.82, 2.24) is 0 Å². The predicted molar refractivity (Wildman–Crippen MR) is 142 cm³/mol. The van der Waals surface area contributed by atoms with Gasteiger partial charge in [-0.3, -0.25) is 4.79 Å². The van der Waals surface area contributed by atoms with Crippen molar-refractivity contribution < 1.29 is 14.3 Å². The maximum Gasteiger partial charge on any atom is 0.162 e. The normalized spacial score (nSPS) is 33.9. The molecule has 4 nitrogen and oxygen atoms in total. The fourth-order valence-electron chi connectivity index (χ4n) is 8.64. The van der Waals surface area contributed by atoms with Crippen molar-refractivity contribution in [2.75, 3.05) is 31.7 Å². The van der Waals surface area contributed by atoms with Crippen LogP contribution in [0, 0.1) is 35.0 Å². The van der Waals surface area contributed by atoms with Gasteiger partial charge in [0.2, 0.25) is 0 Å². The van der Waals surface area contributed by atoms with Crippen LogP contribution in [0.3, 0.4) is 0 Å². The lowest BCUT2D eigenvalue weighted by atomic mass is 9.51. The van der Waals surface area contributed by atoms with Crippen molar-refractivity contribution in [3.05, 3.63) is 29.8 Å². The molecule has 0 aliphatic heterocycles.